The summed E-state index contributed by atoms with van der Waals surface area (Å²) in [5, 5.41) is 2.35. The third-order valence-corrected chi connectivity index (χ3v) is 6.10. The number of hydrogen-bond acceptors (Lipinski definition) is 3. The molecule has 0 amide bonds. The summed E-state index contributed by atoms with van der Waals surface area (Å²) in [6, 6.07) is 3.43. The summed E-state index contributed by atoms with van der Waals surface area (Å²) in [7, 11) is -1.78. The van der Waals surface area contributed by atoms with Crippen molar-refractivity contribution in [2.75, 3.05) is 7.05 Å². The van der Waals surface area contributed by atoms with E-state index in [1.165, 1.54) is 12.1 Å². The Labute approximate surface area is 125 Å². The van der Waals surface area contributed by atoms with Crippen molar-refractivity contribution in [3.05, 3.63) is 29.0 Å². The zero-order valence-electron chi connectivity index (χ0n) is 12.0. The first kappa shape index (κ1) is 17.4. The summed E-state index contributed by atoms with van der Waals surface area (Å²) in [5.74, 6) is -0.614. The summed E-state index contributed by atoms with van der Waals surface area (Å²) in [4.78, 5) is 0.0760. The summed E-state index contributed by atoms with van der Waals surface area (Å²) >= 11 is 5.69. The molecule has 0 saturated heterocycles. The molecule has 6 heteroatoms. The van der Waals surface area contributed by atoms with Crippen molar-refractivity contribution < 1.29 is 12.8 Å². The molecule has 1 rings (SSSR count). The molecule has 0 heterocycles. The Balaban J connectivity index is 3.20. The highest BCUT2D eigenvalue weighted by Gasteiger charge is 2.32. The van der Waals surface area contributed by atoms with Crippen LogP contribution >= 0.6 is 11.6 Å². The third-order valence-electron chi connectivity index (χ3n) is 3.44. The predicted molar refractivity (Wildman–Crippen MR) is 80.4 cm³/mol. The molecule has 0 aliphatic rings. The Morgan fingerprint density at radius 3 is 2.45 bits per heavy atom. The second-order valence-corrected chi connectivity index (χ2v) is 7.33. The monoisotopic (exact) mass is 321 g/mol. The smallest absolute Gasteiger partial charge is 0.182 e. The number of rotatable bonds is 7. The van der Waals surface area contributed by atoms with Crippen molar-refractivity contribution in [3.8, 4) is 0 Å². The number of nitrogens with one attached hydrogen (secondary N) is 1. The normalized spacial score (nSPS) is 15.1. The van der Waals surface area contributed by atoms with Crippen LogP contribution in [0.2, 0.25) is 5.02 Å². The van der Waals surface area contributed by atoms with E-state index in [0.29, 0.717) is 6.42 Å². The lowest BCUT2D eigenvalue weighted by Crippen LogP contribution is -2.42. The Morgan fingerprint density at radius 2 is 2.00 bits per heavy atom. The van der Waals surface area contributed by atoms with Gasteiger partial charge in [0.25, 0.3) is 0 Å². The van der Waals surface area contributed by atoms with Crippen LogP contribution in [0.5, 0.6) is 0 Å². The summed E-state index contributed by atoms with van der Waals surface area (Å²) < 4.78 is 38.5. The lowest BCUT2D eigenvalue weighted by atomic mass is 10.1. The molecular formula is C14H21ClFNO2S. The molecule has 0 bridgehead atoms. The van der Waals surface area contributed by atoms with Crippen LogP contribution in [0.3, 0.4) is 0 Å². The van der Waals surface area contributed by atoms with Crippen LogP contribution in [0.1, 0.15) is 33.1 Å². The van der Waals surface area contributed by atoms with Gasteiger partial charge in [-0.1, -0.05) is 31.9 Å². The molecule has 20 heavy (non-hydrogen) atoms. The molecule has 0 aliphatic carbocycles. The first-order valence-electron chi connectivity index (χ1n) is 6.74. The topological polar surface area (TPSA) is 46.2 Å². The largest absolute Gasteiger partial charge is 0.316 e. The first-order chi connectivity index (χ1) is 9.38. The minimum absolute atomic E-state index is 0.0760. The molecule has 2 unspecified atom stereocenters. The van der Waals surface area contributed by atoms with Crippen molar-refractivity contribution in [3.63, 3.8) is 0 Å². The molecule has 3 nitrogen and oxygen atoms in total. The van der Waals surface area contributed by atoms with E-state index < -0.39 is 20.9 Å². The van der Waals surface area contributed by atoms with Gasteiger partial charge in [0, 0.05) is 6.04 Å². The summed E-state index contributed by atoms with van der Waals surface area (Å²) in [6.07, 6.45) is 2.15. The van der Waals surface area contributed by atoms with E-state index in [0.717, 1.165) is 18.9 Å². The molecule has 0 radical (unpaired) electrons. The summed E-state index contributed by atoms with van der Waals surface area (Å²) in [5.41, 5.74) is 0. The second-order valence-electron chi connectivity index (χ2n) is 4.75. The van der Waals surface area contributed by atoms with Gasteiger partial charge in [-0.3, -0.25) is 0 Å². The van der Waals surface area contributed by atoms with Crippen molar-refractivity contribution in [2.24, 2.45) is 0 Å². The number of sulfone groups is 1. The summed E-state index contributed by atoms with van der Waals surface area (Å²) in [6.45, 7) is 3.85. The Bertz CT molecular complexity index is 548. The van der Waals surface area contributed by atoms with Crippen molar-refractivity contribution in [2.45, 2.75) is 49.3 Å². The Kier molecular flexibility index (Phi) is 6.43. The molecule has 0 saturated carbocycles. The molecule has 1 N–H and O–H groups in total. The van der Waals surface area contributed by atoms with Gasteiger partial charge < -0.3 is 5.32 Å². The van der Waals surface area contributed by atoms with Gasteiger partial charge in [-0.15, -0.1) is 0 Å². The maximum Gasteiger partial charge on any atom is 0.182 e. The molecule has 0 fully saturated rings. The van der Waals surface area contributed by atoms with Crippen molar-refractivity contribution in [1.29, 1.82) is 0 Å². The molecule has 114 valence electrons. The van der Waals surface area contributed by atoms with E-state index >= 15 is 0 Å². The van der Waals surface area contributed by atoms with Crippen LogP contribution in [0, 0.1) is 5.82 Å². The zero-order chi connectivity index (χ0) is 15.3. The lowest BCUT2D eigenvalue weighted by molar-refractivity contribution is 0.464. The van der Waals surface area contributed by atoms with Crippen LogP contribution in [0.15, 0.2) is 23.1 Å². The van der Waals surface area contributed by atoms with Gasteiger partial charge in [0.05, 0.1) is 15.2 Å². The molecule has 0 spiro atoms. The number of halogens is 2. The van der Waals surface area contributed by atoms with Gasteiger partial charge >= 0.3 is 0 Å². The van der Waals surface area contributed by atoms with E-state index in [1.807, 2.05) is 13.8 Å². The molecular weight excluding hydrogens is 301 g/mol. The highest BCUT2D eigenvalue weighted by molar-refractivity contribution is 7.92. The van der Waals surface area contributed by atoms with Crippen molar-refractivity contribution >= 4 is 21.4 Å². The van der Waals surface area contributed by atoms with Gasteiger partial charge in [0.1, 0.15) is 5.82 Å². The molecule has 0 aromatic heterocycles. The van der Waals surface area contributed by atoms with E-state index in [4.69, 9.17) is 11.6 Å². The Hall–Kier alpha value is -0.650. The van der Waals surface area contributed by atoms with Crippen LogP contribution in [0.4, 0.5) is 4.39 Å². The van der Waals surface area contributed by atoms with Gasteiger partial charge in [-0.05, 0) is 38.1 Å². The van der Waals surface area contributed by atoms with Gasteiger partial charge in [0.2, 0.25) is 0 Å². The molecule has 0 aliphatic heterocycles. The highest BCUT2D eigenvalue weighted by atomic mass is 35.5. The van der Waals surface area contributed by atoms with E-state index in [2.05, 4.69) is 5.32 Å². The first-order valence-corrected chi connectivity index (χ1v) is 8.67. The standard InChI is InChI=1S/C14H21ClFNO2S/c1-4-6-13(17-3)14(5-2)20(18,19)10-7-8-12(16)11(15)9-10/h7-9,13-14,17H,4-6H2,1-3H3. The maximum absolute atomic E-state index is 13.2. The lowest BCUT2D eigenvalue weighted by Gasteiger charge is -2.25. The second kappa shape index (κ2) is 7.38. The SMILES string of the molecule is CCCC(NC)C(CC)S(=O)(=O)c1ccc(F)c(Cl)c1. The van der Waals surface area contributed by atoms with Crippen LogP contribution < -0.4 is 5.32 Å². The average molecular weight is 322 g/mol. The van der Waals surface area contributed by atoms with Crippen molar-refractivity contribution in [1.82, 2.24) is 5.32 Å². The minimum atomic E-state index is -3.54. The van der Waals surface area contributed by atoms with Gasteiger partial charge in [0.15, 0.2) is 9.84 Å². The quantitative estimate of drug-likeness (QED) is 0.783. The fourth-order valence-electron chi connectivity index (χ4n) is 2.38. The minimum Gasteiger partial charge on any atom is -0.316 e. The van der Waals surface area contributed by atoms with E-state index in [9.17, 15) is 12.8 Å². The maximum atomic E-state index is 13.2. The predicted octanol–water partition coefficient (Wildman–Crippen LogP) is 3.42. The van der Waals surface area contributed by atoms with Crippen LogP contribution in [-0.4, -0.2) is 26.8 Å². The fraction of sp³-hybridized carbons (Fsp3) is 0.571. The van der Waals surface area contributed by atoms with E-state index in [-0.39, 0.29) is 16.0 Å². The van der Waals surface area contributed by atoms with Crippen LogP contribution in [-0.2, 0) is 9.84 Å². The number of benzene rings is 1. The number of hydrogen-bond donors (Lipinski definition) is 1. The van der Waals surface area contributed by atoms with Gasteiger partial charge in [-0.2, -0.15) is 0 Å². The zero-order valence-corrected chi connectivity index (χ0v) is 13.6. The van der Waals surface area contributed by atoms with E-state index in [1.54, 1.807) is 7.05 Å². The van der Waals surface area contributed by atoms with Gasteiger partial charge in [-0.25, -0.2) is 12.8 Å². The molecule has 1 aromatic carbocycles. The highest BCUT2D eigenvalue weighted by Crippen LogP contribution is 2.26. The average Bonchev–Trinajstić information content (AvgIpc) is 2.41. The molecule has 1 aromatic rings. The Morgan fingerprint density at radius 1 is 1.35 bits per heavy atom. The third kappa shape index (κ3) is 3.71. The van der Waals surface area contributed by atoms with Crippen LogP contribution in [0.25, 0.3) is 0 Å². The fourth-order valence-corrected chi connectivity index (χ4v) is 4.65. The molecule has 2 atom stereocenters.